The van der Waals surface area contributed by atoms with E-state index in [0.717, 1.165) is 12.5 Å². The van der Waals surface area contributed by atoms with Gasteiger partial charge in [-0.05, 0) is 43.7 Å². The van der Waals surface area contributed by atoms with Crippen LogP contribution in [-0.4, -0.2) is 25.7 Å². The molecule has 0 spiro atoms. The molecular weight excluding hydrogens is 208 g/mol. The molecule has 1 aliphatic heterocycles. The van der Waals surface area contributed by atoms with Gasteiger partial charge in [-0.3, -0.25) is 0 Å². The maximum atomic E-state index is 3.66. The Hall–Kier alpha value is -0.0800. The van der Waals surface area contributed by atoms with E-state index >= 15 is 0 Å². The predicted molar refractivity (Wildman–Crippen MR) is 76.4 cm³/mol. The monoisotopic (exact) mass is 240 g/mol. The van der Waals surface area contributed by atoms with Crippen LogP contribution in [-0.2, 0) is 0 Å². The van der Waals surface area contributed by atoms with Crippen molar-refractivity contribution in [2.24, 2.45) is 11.3 Å². The van der Waals surface area contributed by atoms with E-state index in [1.165, 1.54) is 45.2 Å². The summed E-state index contributed by atoms with van der Waals surface area (Å²) in [5.74, 6) is 0.856. The lowest BCUT2D eigenvalue weighted by molar-refractivity contribution is 0.176. The molecule has 1 rings (SSSR count). The molecule has 0 saturated carbocycles. The van der Waals surface area contributed by atoms with Crippen molar-refractivity contribution in [2.45, 2.75) is 65.8 Å². The molecule has 0 radical (unpaired) electrons. The molecule has 102 valence electrons. The number of hydrogen-bond donors (Lipinski definition) is 2. The van der Waals surface area contributed by atoms with Crippen LogP contribution in [0.4, 0.5) is 0 Å². The van der Waals surface area contributed by atoms with Gasteiger partial charge in [0.2, 0.25) is 0 Å². The van der Waals surface area contributed by atoms with Gasteiger partial charge in [-0.15, -0.1) is 0 Å². The molecular formula is C15H32N2. The Balaban J connectivity index is 2.05. The topological polar surface area (TPSA) is 24.1 Å². The molecule has 0 aromatic rings. The van der Waals surface area contributed by atoms with Gasteiger partial charge in [0.1, 0.15) is 0 Å². The summed E-state index contributed by atoms with van der Waals surface area (Å²) >= 11 is 0. The first-order valence-corrected chi connectivity index (χ1v) is 7.46. The summed E-state index contributed by atoms with van der Waals surface area (Å²) in [6.45, 7) is 12.9. The van der Waals surface area contributed by atoms with E-state index in [4.69, 9.17) is 0 Å². The molecule has 2 N–H and O–H groups in total. The molecule has 0 aromatic heterocycles. The zero-order chi connectivity index (χ0) is 12.7. The van der Waals surface area contributed by atoms with Crippen LogP contribution in [0.3, 0.4) is 0 Å². The zero-order valence-electron chi connectivity index (χ0n) is 12.3. The maximum Gasteiger partial charge on any atom is 0.0243 e. The summed E-state index contributed by atoms with van der Waals surface area (Å²) in [5, 5.41) is 7.28. The van der Waals surface area contributed by atoms with Gasteiger partial charge < -0.3 is 10.6 Å². The highest BCUT2D eigenvalue weighted by atomic mass is 15.0. The quantitative estimate of drug-likeness (QED) is 0.668. The number of piperidine rings is 1. The van der Waals surface area contributed by atoms with Gasteiger partial charge in [0, 0.05) is 12.6 Å². The summed E-state index contributed by atoms with van der Waals surface area (Å²) in [7, 11) is 0. The van der Waals surface area contributed by atoms with Gasteiger partial charge in [-0.25, -0.2) is 0 Å². The SMILES string of the molecule is CC(C)CCCCNCC1NCCCC1(C)C. The average molecular weight is 240 g/mol. The molecule has 0 bridgehead atoms. The molecule has 2 nitrogen and oxygen atoms in total. The van der Waals surface area contributed by atoms with Gasteiger partial charge >= 0.3 is 0 Å². The van der Waals surface area contributed by atoms with Crippen LogP contribution in [0.15, 0.2) is 0 Å². The number of unbranched alkanes of at least 4 members (excludes halogenated alkanes) is 1. The first-order chi connectivity index (χ1) is 8.02. The van der Waals surface area contributed by atoms with Crippen molar-refractivity contribution in [2.75, 3.05) is 19.6 Å². The lowest BCUT2D eigenvalue weighted by Gasteiger charge is -2.39. The Morgan fingerprint density at radius 3 is 2.71 bits per heavy atom. The smallest absolute Gasteiger partial charge is 0.0243 e. The highest BCUT2D eigenvalue weighted by Crippen LogP contribution is 2.29. The highest BCUT2D eigenvalue weighted by Gasteiger charge is 2.31. The fourth-order valence-electron chi connectivity index (χ4n) is 2.67. The minimum atomic E-state index is 0.461. The number of rotatable bonds is 7. The van der Waals surface area contributed by atoms with E-state index in [2.05, 4.69) is 38.3 Å². The standard InChI is InChI=1S/C15H32N2/c1-13(2)8-5-6-10-16-12-14-15(3,4)9-7-11-17-14/h13-14,16-17H,5-12H2,1-4H3. The van der Waals surface area contributed by atoms with E-state index in [1.807, 2.05) is 0 Å². The van der Waals surface area contributed by atoms with Crippen LogP contribution in [0.5, 0.6) is 0 Å². The van der Waals surface area contributed by atoms with E-state index in [-0.39, 0.29) is 0 Å². The Bertz CT molecular complexity index is 199. The molecule has 1 saturated heterocycles. The third kappa shape index (κ3) is 5.87. The van der Waals surface area contributed by atoms with Crippen LogP contribution in [0.25, 0.3) is 0 Å². The van der Waals surface area contributed by atoms with Gasteiger partial charge in [0.15, 0.2) is 0 Å². The Kier molecular flexibility index (Phi) is 6.50. The molecule has 1 atom stereocenters. The summed E-state index contributed by atoms with van der Waals surface area (Å²) in [6, 6.07) is 0.654. The zero-order valence-corrected chi connectivity index (χ0v) is 12.3. The Morgan fingerprint density at radius 1 is 1.29 bits per heavy atom. The van der Waals surface area contributed by atoms with Crippen LogP contribution in [0, 0.1) is 11.3 Å². The normalized spacial score (nSPS) is 24.2. The van der Waals surface area contributed by atoms with Crippen molar-refractivity contribution in [1.82, 2.24) is 10.6 Å². The summed E-state index contributed by atoms with van der Waals surface area (Å²) in [6.07, 6.45) is 6.75. The Labute approximate surface area is 108 Å². The second kappa shape index (κ2) is 7.38. The lowest BCUT2D eigenvalue weighted by Crippen LogP contribution is -2.52. The molecule has 1 heterocycles. The third-order valence-corrected chi connectivity index (χ3v) is 4.07. The van der Waals surface area contributed by atoms with Gasteiger partial charge in [-0.2, -0.15) is 0 Å². The fourth-order valence-corrected chi connectivity index (χ4v) is 2.67. The molecule has 0 aromatic carbocycles. The van der Waals surface area contributed by atoms with E-state index in [9.17, 15) is 0 Å². The van der Waals surface area contributed by atoms with Crippen molar-refractivity contribution >= 4 is 0 Å². The minimum Gasteiger partial charge on any atom is -0.315 e. The summed E-state index contributed by atoms with van der Waals surface area (Å²) in [5.41, 5.74) is 0.461. The maximum absolute atomic E-state index is 3.66. The minimum absolute atomic E-state index is 0.461. The Morgan fingerprint density at radius 2 is 2.06 bits per heavy atom. The third-order valence-electron chi connectivity index (χ3n) is 4.07. The van der Waals surface area contributed by atoms with Crippen LogP contribution in [0.1, 0.15) is 59.8 Å². The predicted octanol–water partition coefficient (Wildman–Crippen LogP) is 3.18. The molecule has 1 fully saturated rings. The second-order valence-corrected chi connectivity index (χ2v) is 6.69. The number of hydrogen-bond acceptors (Lipinski definition) is 2. The van der Waals surface area contributed by atoms with Crippen molar-refractivity contribution < 1.29 is 0 Å². The van der Waals surface area contributed by atoms with E-state index in [1.54, 1.807) is 0 Å². The second-order valence-electron chi connectivity index (χ2n) is 6.69. The van der Waals surface area contributed by atoms with Gasteiger partial charge in [0.25, 0.3) is 0 Å². The van der Waals surface area contributed by atoms with Crippen molar-refractivity contribution in [3.8, 4) is 0 Å². The summed E-state index contributed by atoms with van der Waals surface area (Å²) in [4.78, 5) is 0. The van der Waals surface area contributed by atoms with E-state index in [0.29, 0.717) is 11.5 Å². The summed E-state index contributed by atoms with van der Waals surface area (Å²) < 4.78 is 0. The fraction of sp³-hybridized carbons (Fsp3) is 1.00. The van der Waals surface area contributed by atoms with Crippen LogP contribution in [0.2, 0.25) is 0 Å². The first kappa shape index (κ1) is 15.0. The number of nitrogens with one attached hydrogen (secondary N) is 2. The van der Waals surface area contributed by atoms with Crippen molar-refractivity contribution in [3.05, 3.63) is 0 Å². The molecule has 17 heavy (non-hydrogen) atoms. The van der Waals surface area contributed by atoms with E-state index < -0.39 is 0 Å². The molecule has 1 aliphatic rings. The average Bonchev–Trinajstić information content (AvgIpc) is 2.24. The lowest BCUT2D eigenvalue weighted by atomic mass is 9.77. The van der Waals surface area contributed by atoms with Crippen LogP contribution >= 0.6 is 0 Å². The highest BCUT2D eigenvalue weighted by molar-refractivity contribution is 4.89. The van der Waals surface area contributed by atoms with Crippen molar-refractivity contribution in [1.29, 1.82) is 0 Å². The van der Waals surface area contributed by atoms with Crippen LogP contribution < -0.4 is 10.6 Å². The first-order valence-electron chi connectivity index (χ1n) is 7.46. The molecule has 1 unspecified atom stereocenters. The van der Waals surface area contributed by atoms with Crippen molar-refractivity contribution in [3.63, 3.8) is 0 Å². The molecule has 0 amide bonds. The largest absolute Gasteiger partial charge is 0.315 e. The van der Waals surface area contributed by atoms with Gasteiger partial charge in [-0.1, -0.05) is 40.5 Å². The molecule has 0 aliphatic carbocycles. The molecule has 2 heteroatoms. The van der Waals surface area contributed by atoms with Gasteiger partial charge in [0.05, 0.1) is 0 Å².